The van der Waals surface area contributed by atoms with Crippen LogP contribution < -0.4 is 0 Å². The predicted molar refractivity (Wildman–Crippen MR) is 310 cm³/mol. The van der Waals surface area contributed by atoms with Crippen molar-refractivity contribution in [3.8, 4) is 0 Å². The molecule has 0 aromatic rings. The minimum atomic E-state index is -1.92. The van der Waals surface area contributed by atoms with Gasteiger partial charge in [0.05, 0.1) is 6.61 Å². The van der Waals surface area contributed by atoms with Crippen LogP contribution in [0.1, 0.15) is 255 Å². The van der Waals surface area contributed by atoms with E-state index in [-0.39, 0.29) is 12.8 Å². The fourth-order valence-electron chi connectivity index (χ4n) is 10.4. The lowest BCUT2D eigenvalue weighted by molar-refractivity contribution is -0.363. The van der Waals surface area contributed by atoms with E-state index in [1.807, 2.05) is 0 Å². The molecule has 2 fully saturated rings. The largest absolute Gasteiger partial charge is 0.463 e. The van der Waals surface area contributed by atoms with Gasteiger partial charge >= 0.3 is 53.7 Å². The third-order valence-corrected chi connectivity index (χ3v) is 14.5. The zero-order valence-corrected chi connectivity index (χ0v) is 52.9. The minimum Gasteiger partial charge on any atom is -0.463 e. The third-order valence-electron chi connectivity index (χ3n) is 14.5. The molecule has 0 aromatic carbocycles. The highest BCUT2D eigenvalue weighted by Crippen LogP contribution is 2.36. The van der Waals surface area contributed by atoms with E-state index < -0.39 is 148 Å². The Balaban J connectivity index is 2.39. The highest BCUT2D eigenvalue weighted by molar-refractivity contribution is 5.71. The van der Waals surface area contributed by atoms with Crippen LogP contribution in [0.2, 0.25) is 0 Å². The van der Waals surface area contributed by atoms with E-state index in [1.165, 1.54) is 116 Å². The molecule has 0 bridgehead atoms. The summed E-state index contributed by atoms with van der Waals surface area (Å²) in [6, 6.07) is 0. The summed E-state index contributed by atoms with van der Waals surface area (Å²) in [5.41, 5.74) is 0. The molecule has 0 spiro atoms. The van der Waals surface area contributed by atoms with Gasteiger partial charge in [-0.3, -0.25) is 43.2 Å². The summed E-state index contributed by atoms with van der Waals surface area (Å²) >= 11 is 0. The molecular weight excluding hydrogens is 1110 g/mol. The molecule has 0 amide bonds. The Bertz CT molecular complexity index is 1930. The average Bonchev–Trinajstić information content (AvgIpc) is 2.70. The first-order valence-corrected chi connectivity index (χ1v) is 31.8. The first kappa shape index (κ1) is 76.2. The first-order chi connectivity index (χ1) is 40.7. The van der Waals surface area contributed by atoms with Crippen LogP contribution in [0.5, 0.6) is 0 Å². The van der Waals surface area contributed by atoms with Gasteiger partial charge in [-0.05, 0) is 12.8 Å². The van der Waals surface area contributed by atoms with Gasteiger partial charge in [0.1, 0.15) is 38.1 Å². The molecule has 22 nitrogen and oxygen atoms in total. The lowest BCUT2D eigenvalue weighted by Crippen LogP contribution is -2.67. The number of carbonyl (C=O) groups is 9. The van der Waals surface area contributed by atoms with Gasteiger partial charge in [-0.25, -0.2) is 0 Å². The molecule has 2 aliphatic rings. The molecule has 0 saturated carbocycles. The van der Waals surface area contributed by atoms with Crippen molar-refractivity contribution in [2.24, 2.45) is 0 Å². The average molecular weight is 1220 g/mol. The Kier molecular flexibility index (Phi) is 41.5. The van der Waals surface area contributed by atoms with Gasteiger partial charge in [-0.15, -0.1) is 0 Å². The lowest BCUT2D eigenvalue weighted by atomic mass is 9.96. The second-order valence-corrected chi connectivity index (χ2v) is 22.5. The zero-order valence-electron chi connectivity index (χ0n) is 52.9. The molecule has 2 heterocycles. The van der Waals surface area contributed by atoms with Crippen LogP contribution in [0.15, 0.2) is 0 Å². The van der Waals surface area contributed by atoms with Crippen LogP contribution in [0, 0.1) is 0 Å². The summed E-state index contributed by atoms with van der Waals surface area (Å²) in [6.07, 6.45) is 13.8. The van der Waals surface area contributed by atoms with Crippen molar-refractivity contribution in [3.05, 3.63) is 0 Å². The zero-order chi connectivity index (χ0) is 62.8. The van der Waals surface area contributed by atoms with Gasteiger partial charge in [0.15, 0.2) is 49.2 Å². The SMILES string of the molecule is CCCCCCCCCCCCCCCCC(=O)OCC(CO[C@H]1O[C@H](COC(=O)CCCCCCCCCCCCCCCC)[C@@H](OC(C)=O)[C@H](O[C@H]2O[C@H](COC(C)=O)[C@@H](OC(C)=O)[C@H](OC(C)=O)[C@H]2OC(C)=O)[C@@H]1OC(C)=O)OC(C)=O. The van der Waals surface area contributed by atoms with E-state index in [0.29, 0.717) is 12.8 Å². The van der Waals surface area contributed by atoms with E-state index >= 15 is 0 Å². The van der Waals surface area contributed by atoms with Gasteiger partial charge in [0, 0.05) is 61.3 Å². The lowest BCUT2D eigenvalue weighted by Gasteiger charge is -2.48. The first-order valence-electron chi connectivity index (χ1n) is 31.8. The molecule has 0 aliphatic carbocycles. The molecule has 22 heteroatoms. The van der Waals surface area contributed by atoms with Crippen molar-refractivity contribution in [2.45, 2.75) is 322 Å². The molecular formula is C63H106O22. The van der Waals surface area contributed by atoms with Crippen LogP contribution >= 0.6 is 0 Å². The van der Waals surface area contributed by atoms with Crippen LogP contribution in [0.3, 0.4) is 0 Å². The third kappa shape index (κ3) is 35.5. The van der Waals surface area contributed by atoms with Gasteiger partial charge in [0.2, 0.25) is 0 Å². The summed E-state index contributed by atoms with van der Waals surface area (Å²) in [4.78, 5) is 115. The maximum absolute atomic E-state index is 13.4. The highest BCUT2D eigenvalue weighted by Gasteiger charge is 2.58. The molecule has 1 unspecified atom stereocenters. The molecule has 2 rings (SSSR count). The maximum Gasteiger partial charge on any atom is 0.305 e. The van der Waals surface area contributed by atoms with Gasteiger partial charge in [-0.1, -0.05) is 181 Å². The number of unbranched alkanes of at least 4 members (excludes halogenated alkanes) is 26. The van der Waals surface area contributed by atoms with Crippen molar-refractivity contribution < 1.29 is 105 Å². The molecule has 2 aliphatic heterocycles. The summed E-state index contributed by atoms with van der Waals surface area (Å²) in [5.74, 6) is -7.28. The maximum atomic E-state index is 13.4. The summed E-state index contributed by atoms with van der Waals surface area (Å²) < 4.78 is 75.8. The Morgan fingerprint density at radius 3 is 1.05 bits per heavy atom. The number of esters is 9. The number of hydrogen-bond donors (Lipinski definition) is 0. The van der Waals surface area contributed by atoms with Gasteiger partial charge in [-0.2, -0.15) is 0 Å². The molecule has 85 heavy (non-hydrogen) atoms. The van der Waals surface area contributed by atoms with E-state index in [1.54, 1.807) is 0 Å². The van der Waals surface area contributed by atoms with Crippen molar-refractivity contribution in [3.63, 3.8) is 0 Å². The standard InChI is InChI=1S/C63H106O22/c1-10-12-14-16-18-20-22-24-26-28-30-32-34-36-38-54(71)74-40-51(77-45(4)65)41-76-62-60(81-49(8)69)59(85-63-61(82-50(9)70)58(80-48(7)68)56(78-46(5)66)52(84-63)42-73-44(3)64)57(79-47(6)67)53(83-62)43-75-55(72)39-37-35-33-31-29-27-25-23-21-19-17-15-13-11-2/h51-53,56-63H,10-43H2,1-9H3/t51?,52-,53-,56-,57-,58+,59+,60+,61-,62+,63-/m1/s1. The van der Waals surface area contributed by atoms with Crippen molar-refractivity contribution in [1.29, 1.82) is 0 Å². The number of hydrogen-bond acceptors (Lipinski definition) is 22. The van der Waals surface area contributed by atoms with E-state index in [2.05, 4.69) is 13.8 Å². The summed E-state index contributed by atoms with van der Waals surface area (Å²) in [6.45, 7) is 9.70. The fourth-order valence-corrected chi connectivity index (χ4v) is 10.4. The Hall–Kier alpha value is -4.93. The van der Waals surface area contributed by atoms with E-state index in [0.717, 1.165) is 99.8 Å². The monoisotopic (exact) mass is 1210 g/mol. The van der Waals surface area contributed by atoms with Crippen molar-refractivity contribution in [1.82, 2.24) is 0 Å². The Labute approximate surface area is 505 Å². The fraction of sp³-hybridized carbons (Fsp3) is 0.857. The predicted octanol–water partition coefficient (Wildman–Crippen LogP) is 10.8. The van der Waals surface area contributed by atoms with Crippen molar-refractivity contribution in [2.75, 3.05) is 26.4 Å². The molecule has 0 radical (unpaired) electrons. The topological polar surface area (TPSA) is 274 Å². The summed E-state index contributed by atoms with van der Waals surface area (Å²) in [7, 11) is 0. The Morgan fingerprint density at radius 2 is 0.659 bits per heavy atom. The van der Waals surface area contributed by atoms with Crippen LogP contribution in [-0.2, 0) is 105 Å². The van der Waals surface area contributed by atoms with Crippen LogP contribution in [0.4, 0.5) is 0 Å². The molecule has 490 valence electrons. The molecule has 0 N–H and O–H groups in total. The quantitative estimate of drug-likeness (QED) is 0.0311. The molecule has 11 atom stereocenters. The van der Waals surface area contributed by atoms with E-state index in [4.69, 9.17) is 61.6 Å². The summed E-state index contributed by atoms with van der Waals surface area (Å²) in [5, 5.41) is 0. The van der Waals surface area contributed by atoms with Crippen LogP contribution in [-0.4, -0.2) is 148 Å². The van der Waals surface area contributed by atoms with Crippen molar-refractivity contribution >= 4 is 53.7 Å². The highest BCUT2D eigenvalue weighted by atomic mass is 16.8. The van der Waals surface area contributed by atoms with Gasteiger partial charge in [0.25, 0.3) is 0 Å². The Morgan fingerprint density at radius 1 is 0.329 bits per heavy atom. The molecule has 0 aromatic heterocycles. The molecule has 2 saturated heterocycles. The number of ether oxygens (including phenoxy) is 13. The van der Waals surface area contributed by atoms with Gasteiger partial charge < -0.3 is 61.6 Å². The number of rotatable bonds is 47. The minimum absolute atomic E-state index is 0.0475. The van der Waals surface area contributed by atoms with Crippen LogP contribution in [0.25, 0.3) is 0 Å². The number of carbonyl (C=O) groups excluding carboxylic acids is 9. The second kappa shape index (κ2) is 46.3. The van der Waals surface area contributed by atoms with E-state index in [9.17, 15) is 43.2 Å². The smallest absolute Gasteiger partial charge is 0.305 e. The second-order valence-electron chi connectivity index (χ2n) is 22.5. The normalized spacial score (nSPS) is 22.3.